The Morgan fingerprint density at radius 3 is 1.95 bits per heavy atom. The summed E-state index contributed by atoms with van der Waals surface area (Å²) in [6, 6.07) is 0. The quantitative estimate of drug-likeness (QED) is 0.317. The molecule has 0 amide bonds. The summed E-state index contributed by atoms with van der Waals surface area (Å²) in [5.41, 5.74) is 0. The molecule has 1 aliphatic rings. The smallest absolute Gasteiger partial charge is 0.105 e. The first-order valence-corrected chi connectivity index (χ1v) is 9.49. The third-order valence-corrected chi connectivity index (χ3v) is 4.72. The number of rotatable bonds is 13. The summed E-state index contributed by atoms with van der Waals surface area (Å²) < 4.78 is 4.95. The third-order valence-electron chi connectivity index (χ3n) is 4.72. The summed E-state index contributed by atoms with van der Waals surface area (Å²) in [4.78, 5) is 0. The van der Waals surface area contributed by atoms with Crippen molar-refractivity contribution in [2.75, 3.05) is 32.8 Å². The van der Waals surface area contributed by atoms with E-state index in [1.165, 1.54) is 57.8 Å². The number of aliphatic hydroxyl groups is 1. The molecule has 1 N–H and O–H groups in total. The Balaban J connectivity index is 1.89. The van der Waals surface area contributed by atoms with Gasteiger partial charge in [-0.15, -0.1) is 0 Å². The molecule has 0 spiro atoms. The van der Waals surface area contributed by atoms with Crippen LogP contribution in [-0.2, 0) is 4.74 Å². The molecular weight excluding hydrogens is 278 g/mol. The van der Waals surface area contributed by atoms with E-state index in [0.717, 1.165) is 12.8 Å². The summed E-state index contributed by atoms with van der Waals surface area (Å²) >= 11 is 0. The molecule has 1 atom stereocenters. The van der Waals surface area contributed by atoms with Crippen LogP contribution >= 0.6 is 0 Å². The summed E-state index contributed by atoms with van der Waals surface area (Å²) in [6.45, 7) is 4.66. The Morgan fingerprint density at radius 1 is 0.909 bits per heavy atom. The van der Waals surface area contributed by atoms with Gasteiger partial charge in [-0.05, 0) is 6.42 Å². The van der Waals surface area contributed by atoms with Crippen LogP contribution in [0.1, 0.15) is 77.6 Å². The van der Waals surface area contributed by atoms with E-state index in [1.807, 2.05) is 0 Å². The highest BCUT2D eigenvalue weighted by atomic mass is 16.6. The Kier molecular flexibility index (Phi) is 11.1. The normalized spacial score (nSPS) is 19.2. The van der Waals surface area contributed by atoms with Gasteiger partial charge in [-0.3, -0.25) is 0 Å². The molecular formula is C18H37NO3. The summed E-state index contributed by atoms with van der Waals surface area (Å²) in [7, 11) is 0. The summed E-state index contributed by atoms with van der Waals surface area (Å²) in [5, 5.41) is 22.3. The summed E-state index contributed by atoms with van der Waals surface area (Å²) in [6.07, 6.45) is 13.4. The lowest BCUT2D eigenvalue weighted by Crippen LogP contribution is -2.53. The number of hydroxylamine groups is 3. The fraction of sp³-hybridized carbons (Fsp3) is 1.00. The minimum atomic E-state index is -0.440. The molecule has 0 aromatic rings. The molecule has 22 heavy (non-hydrogen) atoms. The highest BCUT2D eigenvalue weighted by molar-refractivity contribution is 4.60. The van der Waals surface area contributed by atoms with Crippen molar-refractivity contribution in [2.45, 2.75) is 83.7 Å². The lowest BCUT2D eigenvalue weighted by molar-refractivity contribution is -0.891. The number of hydrogen-bond donors (Lipinski definition) is 1. The van der Waals surface area contributed by atoms with E-state index >= 15 is 0 Å². The van der Waals surface area contributed by atoms with Gasteiger partial charge in [0.05, 0.1) is 13.2 Å². The van der Waals surface area contributed by atoms with E-state index in [0.29, 0.717) is 32.8 Å². The first-order valence-electron chi connectivity index (χ1n) is 9.49. The maximum Gasteiger partial charge on any atom is 0.105 e. The number of unbranched alkanes of at least 4 members (excludes halogenated alkanes) is 9. The number of morpholine rings is 1. The maximum absolute atomic E-state index is 12.3. The van der Waals surface area contributed by atoms with Crippen LogP contribution < -0.4 is 0 Å². The Bertz CT molecular complexity index is 255. The van der Waals surface area contributed by atoms with Gasteiger partial charge in [0.1, 0.15) is 25.7 Å². The van der Waals surface area contributed by atoms with Gasteiger partial charge in [-0.1, -0.05) is 71.1 Å². The van der Waals surface area contributed by atoms with Gasteiger partial charge in [-0.25, -0.2) is 0 Å². The van der Waals surface area contributed by atoms with Crippen molar-refractivity contribution >= 4 is 0 Å². The highest BCUT2D eigenvalue weighted by Crippen LogP contribution is 2.15. The topological polar surface area (TPSA) is 52.5 Å². The second-order valence-electron chi connectivity index (χ2n) is 6.92. The minimum absolute atomic E-state index is 0.265. The van der Waals surface area contributed by atoms with Gasteiger partial charge >= 0.3 is 0 Å². The Hall–Kier alpha value is -0.160. The molecule has 1 fully saturated rings. The van der Waals surface area contributed by atoms with E-state index in [-0.39, 0.29) is 4.65 Å². The first kappa shape index (κ1) is 19.9. The fourth-order valence-electron chi connectivity index (χ4n) is 3.20. The fourth-order valence-corrected chi connectivity index (χ4v) is 3.20. The van der Waals surface area contributed by atoms with Crippen molar-refractivity contribution < 1.29 is 14.5 Å². The van der Waals surface area contributed by atoms with E-state index < -0.39 is 6.10 Å². The molecule has 1 aliphatic heterocycles. The second kappa shape index (κ2) is 12.3. The average Bonchev–Trinajstić information content (AvgIpc) is 2.49. The molecule has 0 bridgehead atoms. The number of aliphatic hydroxyl groups excluding tert-OH is 1. The largest absolute Gasteiger partial charge is 0.633 e. The van der Waals surface area contributed by atoms with Crippen LogP contribution in [0.3, 0.4) is 0 Å². The monoisotopic (exact) mass is 315 g/mol. The molecule has 1 unspecified atom stereocenters. The molecule has 0 saturated carbocycles. The summed E-state index contributed by atoms with van der Waals surface area (Å²) in [5.74, 6) is 0. The standard InChI is InChI=1S/C18H37NO3/c1-2-3-4-5-6-7-8-9-10-11-12-18(20)17-19(21)13-15-22-16-14-19/h18,20H,2-17H2,1H3. The van der Waals surface area contributed by atoms with Gasteiger partial charge in [0, 0.05) is 0 Å². The van der Waals surface area contributed by atoms with Crippen molar-refractivity contribution in [1.82, 2.24) is 0 Å². The molecule has 1 heterocycles. The van der Waals surface area contributed by atoms with Crippen LogP contribution in [-0.4, -0.2) is 48.7 Å². The molecule has 4 heteroatoms. The molecule has 1 saturated heterocycles. The average molecular weight is 315 g/mol. The zero-order valence-electron chi connectivity index (χ0n) is 14.6. The first-order chi connectivity index (χ1) is 10.7. The zero-order valence-corrected chi connectivity index (χ0v) is 14.6. The maximum atomic E-state index is 12.3. The van der Waals surface area contributed by atoms with Crippen LogP contribution in [0.25, 0.3) is 0 Å². The van der Waals surface area contributed by atoms with Crippen molar-refractivity contribution in [2.24, 2.45) is 0 Å². The van der Waals surface area contributed by atoms with E-state index in [1.54, 1.807) is 0 Å². The molecule has 0 aromatic heterocycles. The van der Waals surface area contributed by atoms with Crippen LogP contribution in [0.4, 0.5) is 0 Å². The van der Waals surface area contributed by atoms with Crippen LogP contribution in [0, 0.1) is 5.21 Å². The van der Waals surface area contributed by atoms with Gasteiger partial charge in [0.25, 0.3) is 0 Å². The van der Waals surface area contributed by atoms with Gasteiger partial charge < -0.3 is 19.7 Å². The predicted octanol–water partition coefficient (Wildman–Crippen LogP) is 4.00. The van der Waals surface area contributed by atoms with Crippen LogP contribution in [0.5, 0.6) is 0 Å². The van der Waals surface area contributed by atoms with Crippen LogP contribution in [0.2, 0.25) is 0 Å². The predicted molar refractivity (Wildman–Crippen MR) is 91.5 cm³/mol. The third kappa shape index (κ3) is 9.78. The van der Waals surface area contributed by atoms with Gasteiger partial charge in [-0.2, -0.15) is 0 Å². The molecule has 1 rings (SSSR count). The highest BCUT2D eigenvalue weighted by Gasteiger charge is 2.24. The van der Waals surface area contributed by atoms with E-state index in [2.05, 4.69) is 6.92 Å². The molecule has 4 nitrogen and oxygen atoms in total. The molecule has 0 aliphatic carbocycles. The number of quaternary nitrogens is 1. The van der Waals surface area contributed by atoms with Crippen LogP contribution in [0.15, 0.2) is 0 Å². The number of ether oxygens (including phenoxy) is 1. The van der Waals surface area contributed by atoms with E-state index in [9.17, 15) is 10.3 Å². The lowest BCUT2D eigenvalue weighted by atomic mass is 10.0. The zero-order chi connectivity index (χ0) is 16.1. The molecule has 132 valence electrons. The van der Waals surface area contributed by atoms with Crippen molar-refractivity contribution in [3.05, 3.63) is 5.21 Å². The molecule has 0 aromatic carbocycles. The number of nitrogens with zero attached hydrogens (tertiary/aromatic N) is 1. The van der Waals surface area contributed by atoms with Gasteiger partial charge in [0.2, 0.25) is 0 Å². The molecule has 0 radical (unpaired) electrons. The Morgan fingerprint density at radius 2 is 1.41 bits per heavy atom. The van der Waals surface area contributed by atoms with Crippen molar-refractivity contribution in [1.29, 1.82) is 0 Å². The van der Waals surface area contributed by atoms with Gasteiger partial charge in [0.15, 0.2) is 0 Å². The van der Waals surface area contributed by atoms with Crippen molar-refractivity contribution in [3.8, 4) is 0 Å². The SMILES string of the molecule is CCCCCCCCCCCCC(O)C[N+]1([O-])CCOCC1. The number of hydrogen-bond acceptors (Lipinski definition) is 3. The van der Waals surface area contributed by atoms with E-state index in [4.69, 9.17) is 4.74 Å². The second-order valence-corrected chi connectivity index (χ2v) is 6.92. The van der Waals surface area contributed by atoms with Crippen molar-refractivity contribution in [3.63, 3.8) is 0 Å². The Labute approximate surface area is 137 Å². The minimum Gasteiger partial charge on any atom is -0.633 e. The lowest BCUT2D eigenvalue weighted by Gasteiger charge is -2.46.